The normalized spacial score (nSPS) is 10.3. The zero-order valence-corrected chi connectivity index (χ0v) is 13.2. The van der Waals surface area contributed by atoms with Crippen molar-refractivity contribution in [1.29, 1.82) is 0 Å². The van der Waals surface area contributed by atoms with Crippen LogP contribution in [0.2, 0.25) is 0 Å². The predicted octanol–water partition coefficient (Wildman–Crippen LogP) is 4.26. The molecule has 1 aromatic carbocycles. The predicted molar refractivity (Wildman–Crippen MR) is 79.5 cm³/mol. The summed E-state index contributed by atoms with van der Waals surface area (Å²) in [6, 6.07) is 5.96. The summed E-state index contributed by atoms with van der Waals surface area (Å²) < 4.78 is 11.6. The number of hydrogen-bond donors (Lipinski definition) is 0. The molecule has 0 bridgehead atoms. The smallest absolute Gasteiger partial charge is 0.305 e. The Kier molecular flexibility index (Phi) is 7.56. The van der Waals surface area contributed by atoms with Crippen LogP contribution in [0.15, 0.2) is 22.7 Å². The van der Waals surface area contributed by atoms with Gasteiger partial charge in [-0.25, -0.2) is 0 Å². The lowest BCUT2D eigenvalue weighted by Crippen LogP contribution is -2.04. The SMILES string of the molecule is CCOC(=O)CCCCCOc1ccc(Br)c(C)c1. The Morgan fingerprint density at radius 1 is 1.26 bits per heavy atom. The molecule has 0 spiro atoms. The van der Waals surface area contributed by atoms with Crippen LogP contribution in [0.4, 0.5) is 0 Å². The number of hydrogen-bond acceptors (Lipinski definition) is 3. The van der Waals surface area contributed by atoms with Gasteiger partial charge in [-0.2, -0.15) is 0 Å². The minimum absolute atomic E-state index is 0.105. The maximum atomic E-state index is 11.1. The van der Waals surface area contributed by atoms with Crippen LogP contribution >= 0.6 is 15.9 Å². The lowest BCUT2D eigenvalue weighted by Gasteiger charge is -2.07. The lowest BCUT2D eigenvalue weighted by atomic mass is 10.2. The molecule has 0 atom stereocenters. The van der Waals surface area contributed by atoms with Crippen molar-refractivity contribution < 1.29 is 14.3 Å². The topological polar surface area (TPSA) is 35.5 Å². The van der Waals surface area contributed by atoms with Gasteiger partial charge in [-0.1, -0.05) is 15.9 Å². The average molecular weight is 329 g/mol. The Balaban J connectivity index is 2.10. The van der Waals surface area contributed by atoms with E-state index in [1.165, 1.54) is 5.56 Å². The summed E-state index contributed by atoms with van der Waals surface area (Å²) in [5.41, 5.74) is 1.17. The van der Waals surface area contributed by atoms with Crippen LogP contribution in [0.5, 0.6) is 5.75 Å². The molecule has 0 radical (unpaired) electrons. The Labute approximate surface area is 123 Å². The van der Waals surface area contributed by atoms with Crippen molar-refractivity contribution in [2.75, 3.05) is 13.2 Å². The molecule has 1 rings (SSSR count). The fraction of sp³-hybridized carbons (Fsp3) is 0.533. The van der Waals surface area contributed by atoms with Gasteiger partial charge in [0.2, 0.25) is 0 Å². The van der Waals surface area contributed by atoms with Crippen molar-refractivity contribution in [3.63, 3.8) is 0 Å². The molecule has 19 heavy (non-hydrogen) atoms. The first-order valence-electron chi connectivity index (χ1n) is 6.68. The summed E-state index contributed by atoms with van der Waals surface area (Å²) in [5.74, 6) is 0.790. The molecule has 0 saturated heterocycles. The van der Waals surface area contributed by atoms with Crippen molar-refractivity contribution in [1.82, 2.24) is 0 Å². The van der Waals surface area contributed by atoms with Gasteiger partial charge < -0.3 is 9.47 Å². The molecule has 0 aliphatic heterocycles. The van der Waals surface area contributed by atoms with E-state index in [1.54, 1.807) is 0 Å². The molecule has 3 nitrogen and oxygen atoms in total. The molecule has 0 aliphatic rings. The first kappa shape index (κ1) is 16.0. The quantitative estimate of drug-likeness (QED) is 0.528. The molecule has 0 aromatic heterocycles. The maximum Gasteiger partial charge on any atom is 0.305 e. The van der Waals surface area contributed by atoms with Gasteiger partial charge in [-0.15, -0.1) is 0 Å². The number of esters is 1. The minimum Gasteiger partial charge on any atom is -0.494 e. The van der Waals surface area contributed by atoms with Crippen molar-refractivity contribution >= 4 is 21.9 Å². The summed E-state index contributed by atoms with van der Waals surface area (Å²) in [4.78, 5) is 11.1. The number of carbonyl (C=O) groups is 1. The largest absolute Gasteiger partial charge is 0.494 e. The van der Waals surface area contributed by atoms with Crippen molar-refractivity contribution in [3.8, 4) is 5.75 Å². The average Bonchev–Trinajstić information content (AvgIpc) is 2.38. The summed E-state index contributed by atoms with van der Waals surface area (Å²) in [6.45, 7) is 5.01. The van der Waals surface area contributed by atoms with Gasteiger partial charge >= 0.3 is 5.97 Å². The first-order valence-corrected chi connectivity index (χ1v) is 7.47. The molecule has 0 amide bonds. The van der Waals surface area contributed by atoms with Crippen molar-refractivity contribution in [2.45, 2.75) is 39.5 Å². The van der Waals surface area contributed by atoms with Gasteiger partial charge in [-0.3, -0.25) is 4.79 Å². The van der Waals surface area contributed by atoms with E-state index in [0.717, 1.165) is 29.5 Å². The van der Waals surface area contributed by atoms with E-state index in [-0.39, 0.29) is 5.97 Å². The van der Waals surface area contributed by atoms with Crippen molar-refractivity contribution in [2.24, 2.45) is 0 Å². The van der Waals surface area contributed by atoms with E-state index in [1.807, 2.05) is 32.0 Å². The Morgan fingerprint density at radius 3 is 2.74 bits per heavy atom. The number of ether oxygens (including phenoxy) is 2. The fourth-order valence-corrected chi connectivity index (χ4v) is 1.92. The van der Waals surface area contributed by atoms with Crippen molar-refractivity contribution in [3.05, 3.63) is 28.2 Å². The van der Waals surface area contributed by atoms with E-state index in [2.05, 4.69) is 15.9 Å². The monoisotopic (exact) mass is 328 g/mol. The standard InChI is InChI=1S/C15H21BrO3/c1-3-18-15(17)7-5-4-6-10-19-13-8-9-14(16)12(2)11-13/h8-9,11H,3-7,10H2,1-2H3. The molecule has 4 heteroatoms. The number of carbonyl (C=O) groups excluding carboxylic acids is 1. The summed E-state index contributed by atoms with van der Waals surface area (Å²) >= 11 is 3.46. The van der Waals surface area contributed by atoms with Crippen LogP contribution in [-0.2, 0) is 9.53 Å². The van der Waals surface area contributed by atoms with Crippen LogP contribution in [0, 0.1) is 6.92 Å². The lowest BCUT2D eigenvalue weighted by molar-refractivity contribution is -0.143. The third kappa shape index (κ3) is 6.62. The van der Waals surface area contributed by atoms with E-state index in [9.17, 15) is 4.79 Å². The van der Waals surface area contributed by atoms with Crippen LogP contribution in [-0.4, -0.2) is 19.2 Å². The highest BCUT2D eigenvalue weighted by molar-refractivity contribution is 9.10. The van der Waals surface area contributed by atoms with Gasteiger partial charge in [0, 0.05) is 10.9 Å². The molecular weight excluding hydrogens is 308 g/mol. The van der Waals surface area contributed by atoms with Crippen LogP contribution in [0.25, 0.3) is 0 Å². The highest BCUT2D eigenvalue weighted by Crippen LogP contribution is 2.21. The Morgan fingerprint density at radius 2 is 2.05 bits per heavy atom. The molecule has 0 N–H and O–H groups in total. The second-order valence-corrected chi connectivity index (χ2v) is 5.23. The molecular formula is C15H21BrO3. The van der Waals surface area contributed by atoms with Crippen LogP contribution in [0.3, 0.4) is 0 Å². The molecule has 1 aromatic rings. The Bertz CT molecular complexity index is 404. The van der Waals surface area contributed by atoms with E-state index in [4.69, 9.17) is 9.47 Å². The van der Waals surface area contributed by atoms with Gasteiger partial charge in [0.05, 0.1) is 13.2 Å². The highest BCUT2D eigenvalue weighted by atomic mass is 79.9. The van der Waals surface area contributed by atoms with Gasteiger partial charge in [0.15, 0.2) is 0 Å². The number of unbranched alkanes of at least 4 members (excludes halogenated alkanes) is 2. The number of benzene rings is 1. The Hall–Kier alpha value is -1.03. The molecule has 0 aliphatic carbocycles. The number of aryl methyl sites for hydroxylation is 1. The second kappa shape index (κ2) is 8.97. The maximum absolute atomic E-state index is 11.1. The first-order chi connectivity index (χ1) is 9.13. The summed E-state index contributed by atoms with van der Waals surface area (Å²) in [6.07, 6.45) is 3.30. The molecule has 106 valence electrons. The molecule has 0 saturated carbocycles. The fourth-order valence-electron chi connectivity index (χ4n) is 1.68. The highest BCUT2D eigenvalue weighted by Gasteiger charge is 2.01. The number of rotatable bonds is 8. The van der Waals surface area contributed by atoms with Gasteiger partial charge in [-0.05, 0) is 56.9 Å². The molecule has 0 heterocycles. The summed E-state index contributed by atoms with van der Waals surface area (Å²) in [7, 11) is 0. The zero-order chi connectivity index (χ0) is 14.1. The third-order valence-electron chi connectivity index (χ3n) is 2.73. The van der Waals surface area contributed by atoms with Crippen LogP contribution < -0.4 is 4.74 Å². The van der Waals surface area contributed by atoms with Crippen LogP contribution in [0.1, 0.15) is 38.2 Å². The van der Waals surface area contributed by atoms with Gasteiger partial charge in [0.25, 0.3) is 0 Å². The molecule has 0 unspecified atom stereocenters. The second-order valence-electron chi connectivity index (χ2n) is 4.38. The zero-order valence-electron chi connectivity index (χ0n) is 11.6. The van der Waals surface area contributed by atoms with E-state index < -0.39 is 0 Å². The molecule has 0 fully saturated rings. The number of halogens is 1. The third-order valence-corrected chi connectivity index (χ3v) is 3.62. The van der Waals surface area contributed by atoms with E-state index in [0.29, 0.717) is 19.6 Å². The van der Waals surface area contributed by atoms with E-state index >= 15 is 0 Å². The minimum atomic E-state index is -0.105. The van der Waals surface area contributed by atoms with Gasteiger partial charge in [0.1, 0.15) is 5.75 Å². The summed E-state index contributed by atoms with van der Waals surface area (Å²) in [5, 5.41) is 0.